The Morgan fingerprint density at radius 3 is 2.48 bits per heavy atom. The van der Waals surface area contributed by atoms with Crippen molar-refractivity contribution in [3.05, 3.63) is 105 Å². The van der Waals surface area contributed by atoms with Crippen LogP contribution in [0.1, 0.15) is 54.7 Å². The van der Waals surface area contributed by atoms with Gasteiger partial charge in [0.05, 0.1) is 40.8 Å². The van der Waals surface area contributed by atoms with E-state index in [1.54, 1.807) is 24.9 Å². The summed E-state index contributed by atoms with van der Waals surface area (Å²) in [5, 5.41) is 12.0. The molecule has 0 spiro atoms. The molecule has 1 unspecified atom stereocenters. The number of amides is 3. The Morgan fingerprint density at radius 1 is 1.07 bits per heavy atom. The van der Waals surface area contributed by atoms with Gasteiger partial charge in [-0.25, -0.2) is 8.78 Å². The van der Waals surface area contributed by atoms with E-state index < -0.39 is 46.8 Å². The van der Waals surface area contributed by atoms with Gasteiger partial charge in [-0.05, 0) is 60.5 Å². The summed E-state index contributed by atoms with van der Waals surface area (Å²) in [7, 11) is 3.08. The first-order valence-electron chi connectivity index (χ1n) is 13.1. The number of H-pyrrole nitrogens is 1. The molecule has 5 rings (SSSR count). The highest BCUT2D eigenvalue weighted by molar-refractivity contribution is 6.13. The van der Waals surface area contributed by atoms with E-state index in [2.05, 4.69) is 20.8 Å². The van der Waals surface area contributed by atoms with Gasteiger partial charge in [0.25, 0.3) is 11.8 Å². The van der Waals surface area contributed by atoms with Crippen LogP contribution in [0.15, 0.2) is 54.7 Å². The Balaban J connectivity index is 1.73. The molecular weight excluding hydrogens is 587 g/mol. The monoisotopic (exact) mass is 612 g/mol. The van der Waals surface area contributed by atoms with Crippen molar-refractivity contribution in [2.45, 2.75) is 25.7 Å². The van der Waals surface area contributed by atoms with E-state index in [9.17, 15) is 36.3 Å². The first kappa shape index (κ1) is 30.2. The first-order chi connectivity index (χ1) is 20.8. The second-order valence-corrected chi connectivity index (χ2v) is 10.3. The van der Waals surface area contributed by atoms with Crippen molar-refractivity contribution in [2.75, 3.05) is 29.2 Å². The minimum Gasteiger partial charge on any atom is -0.367 e. The topological polar surface area (TPSA) is 110 Å². The lowest BCUT2D eigenvalue weighted by Crippen LogP contribution is -2.26. The van der Waals surface area contributed by atoms with E-state index in [1.165, 1.54) is 42.4 Å². The quantitative estimate of drug-likeness (QED) is 0.184. The number of carbonyl (C=O) groups is 3. The maximum Gasteiger partial charge on any atom is 0.416 e. The van der Waals surface area contributed by atoms with E-state index in [0.29, 0.717) is 35.4 Å². The number of alkyl halides is 3. The highest BCUT2D eigenvalue weighted by atomic mass is 19.4. The Morgan fingerprint density at radius 2 is 1.82 bits per heavy atom. The average Bonchev–Trinajstić information content (AvgIpc) is 3.60. The molecule has 3 N–H and O–H groups in total. The number of rotatable bonds is 8. The molecule has 0 bridgehead atoms. The fraction of sp³-hybridized carbons (Fsp3) is 0.200. The van der Waals surface area contributed by atoms with Gasteiger partial charge in [-0.1, -0.05) is 6.07 Å². The molecule has 1 aliphatic heterocycles. The van der Waals surface area contributed by atoms with Crippen LogP contribution in [-0.2, 0) is 17.5 Å². The van der Waals surface area contributed by atoms with Gasteiger partial charge in [-0.3, -0.25) is 19.5 Å². The van der Waals surface area contributed by atoms with Crippen molar-refractivity contribution < 1.29 is 36.3 Å². The molecular formula is C30H25F5N6O3. The number of hydrogen-bond acceptors (Lipinski definition) is 5. The van der Waals surface area contributed by atoms with Crippen molar-refractivity contribution in [3.8, 4) is 0 Å². The Bertz CT molecular complexity index is 1770. The summed E-state index contributed by atoms with van der Waals surface area (Å²) >= 11 is 0. The average molecular weight is 613 g/mol. The van der Waals surface area contributed by atoms with Crippen molar-refractivity contribution in [3.63, 3.8) is 0 Å². The van der Waals surface area contributed by atoms with Crippen LogP contribution >= 0.6 is 0 Å². The van der Waals surface area contributed by atoms with Crippen molar-refractivity contribution >= 4 is 35.3 Å². The molecule has 0 fully saturated rings. The molecule has 228 valence electrons. The third-order valence-electron chi connectivity index (χ3n) is 7.29. The zero-order chi connectivity index (χ0) is 31.9. The van der Waals surface area contributed by atoms with Gasteiger partial charge in [0.15, 0.2) is 0 Å². The largest absolute Gasteiger partial charge is 0.416 e. The predicted octanol–water partition coefficient (Wildman–Crippen LogP) is 5.33. The van der Waals surface area contributed by atoms with Crippen LogP contribution in [0.3, 0.4) is 0 Å². The van der Waals surface area contributed by atoms with Gasteiger partial charge >= 0.3 is 6.18 Å². The molecule has 0 radical (unpaired) electrons. The lowest BCUT2D eigenvalue weighted by molar-refractivity contribution is -0.137. The molecule has 1 aromatic heterocycles. The summed E-state index contributed by atoms with van der Waals surface area (Å²) in [6.07, 6.45) is -2.90. The summed E-state index contributed by atoms with van der Waals surface area (Å²) < 4.78 is 68.8. The number of benzene rings is 3. The molecule has 0 saturated carbocycles. The smallest absolute Gasteiger partial charge is 0.367 e. The third kappa shape index (κ3) is 5.70. The maximum absolute atomic E-state index is 14.4. The van der Waals surface area contributed by atoms with Crippen LogP contribution in [0, 0.1) is 18.6 Å². The number of nitrogens with one attached hydrogen (secondary N) is 3. The van der Waals surface area contributed by atoms with Crippen LogP contribution < -0.4 is 20.4 Å². The molecule has 0 aliphatic carbocycles. The first-order valence-corrected chi connectivity index (χ1v) is 13.1. The Hall–Kier alpha value is -5.27. The lowest BCUT2D eigenvalue weighted by Gasteiger charge is -2.28. The highest BCUT2D eigenvalue weighted by Gasteiger charge is 2.39. The molecule has 1 atom stereocenters. The molecule has 4 aromatic rings. The number of nitrogens with zero attached hydrogens (tertiary/aromatic N) is 3. The number of aromatic amines is 1. The number of carbonyl (C=O) groups excluding carboxylic acids is 3. The SMILES string of the molecule is Cc1ccc(F)cc1C1NC(=O)c2c1c(NC(=O)c1cc(F)cc(C(F)(F)F)c1)cc(N(C)Cc1ccn[nH]1)c2N(C)C=O. The van der Waals surface area contributed by atoms with E-state index in [0.717, 1.165) is 0 Å². The van der Waals surface area contributed by atoms with Crippen LogP contribution in [0.5, 0.6) is 0 Å². The van der Waals surface area contributed by atoms with Crippen molar-refractivity contribution in [1.82, 2.24) is 15.5 Å². The number of anilines is 3. The highest BCUT2D eigenvalue weighted by Crippen LogP contribution is 2.47. The van der Waals surface area contributed by atoms with Crippen LogP contribution in [0.25, 0.3) is 0 Å². The summed E-state index contributed by atoms with van der Waals surface area (Å²) in [5.41, 5.74) is 0.159. The number of aryl methyl sites for hydroxylation is 1. The van der Waals surface area contributed by atoms with Crippen LogP contribution in [0.4, 0.5) is 39.0 Å². The minimum atomic E-state index is -4.92. The van der Waals surface area contributed by atoms with Gasteiger partial charge in [0.1, 0.15) is 11.6 Å². The fourth-order valence-electron chi connectivity index (χ4n) is 5.23. The zero-order valence-electron chi connectivity index (χ0n) is 23.5. The molecule has 3 amide bonds. The number of halogens is 5. The molecule has 1 aliphatic rings. The molecule has 0 saturated heterocycles. The summed E-state index contributed by atoms with van der Waals surface area (Å²) in [6, 6.07) is 7.52. The normalized spacial score (nSPS) is 14.2. The van der Waals surface area contributed by atoms with Gasteiger partial charge < -0.3 is 20.4 Å². The van der Waals surface area contributed by atoms with Crippen LogP contribution in [-0.4, -0.2) is 42.5 Å². The molecule has 44 heavy (non-hydrogen) atoms. The van der Waals surface area contributed by atoms with Gasteiger partial charge in [0.2, 0.25) is 6.41 Å². The van der Waals surface area contributed by atoms with Crippen molar-refractivity contribution in [2.24, 2.45) is 0 Å². The number of aromatic nitrogens is 2. The second kappa shape index (κ2) is 11.4. The molecule has 3 aromatic carbocycles. The summed E-state index contributed by atoms with van der Waals surface area (Å²) in [6.45, 7) is 1.90. The zero-order valence-corrected chi connectivity index (χ0v) is 23.5. The Kier molecular flexibility index (Phi) is 7.84. The standard InChI is InChI=1S/C30H25F5N6O3/c1-15-4-5-18(31)11-21(15)26-24-22(37-28(43)16-8-17(30(33,34)35)10-19(32)9-16)12-23(40(2)13-20-6-7-36-39-20)27(41(3)14-42)25(24)29(44)38-26/h4-12,14,26H,13H2,1-3H3,(H,36,39)(H,37,43)(H,38,44). The number of hydrogen-bond donors (Lipinski definition) is 3. The lowest BCUT2D eigenvalue weighted by atomic mass is 9.91. The van der Waals surface area contributed by atoms with Gasteiger partial charge in [-0.15, -0.1) is 0 Å². The molecule has 14 heteroatoms. The predicted molar refractivity (Wildman–Crippen MR) is 151 cm³/mol. The second-order valence-electron chi connectivity index (χ2n) is 10.3. The summed E-state index contributed by atoms with van der Waals surface area (Å²) in [5.74, 6) is -3.61. The number of fused-ring (bicyclic) bond motifs is 1. The van der Waals surface area contributed by atoms with E-state index in [1.807, 2.05) is 0 Å². The summed E-state index contributed by atoms with van der Waals surface area (Å²) in [4.78, 5) is 41.9. The minimum absolute atomic E-state index is 0.0206. The van der Waals surface area contributed by atoms with E-state index in [4.69, 9.17) is 0 Å². The fourth-order valence-corrected chi connectivity index (χ4v) is 5.23. The Labute approximate surface area is 247 Å². The molecule has 2 heterocycles. The van der Waals surface area contributed by atoms with Crippen molar-refractivity contribution in [1.29, 1.82) is 0 Å². The van der Waals surface area contributed by atoms with Crippen LogP contribution in [0.2, 0.25) is 0 Å². The van der Waals surface area contributed by atoms with E-state index >= 15 is 0 Å². The molecule has 9 nitrogen and oxygen atoms in total. The van der Waals surface area contributed by atoms with E-state index in [-0.39, 0.29) is 40.8 Å². The van der Waals surface area contributed by atoms with Gasteiger partial charge in [0, 0.05) is 37.1 Å². The van der Waals surface area contributed by atoms with Gasteiger partial charge in [-0.2, -0.15) is 18.3 Å². The third-order valence-corrected chi connectivity index (χ3v) is 7.29. The maximum atomic E-state index is 14.4.